The first kappa shape index (κ1) is 29.1. The molecule has 5 aromatic rings. The van der Waals surface area contributed by atoms with E-state index in [2.05, 4.69) is 19.8 Å². The van der Waals surface area contributed by atoms with E-state index in [0.717, 1.165) is 12.1 Å². The van der Waals surface area contributed by atoms with Crippen molar-refractivity contribution in [2.45, 2.75) is 19.0 Å². The standard InChI is InChI=1S/C29H18F6N4O4/c30-28(31,32)20-11-8-17(9-12-20)18-10-13-25(36-14-18)42-16-19-4-1-2-5-21(19)22-6-3-7-24(38-22)39-26(29(33,34)35)23(15-37-39)43-27(40)41/h1-15H,16H2,(H,40,41). The molecule has 0 fully saturated rings. The van der Waals surface area contributed by atoms with Crippen LogP contribution in [0.1, 0.15) is 16.8 Å². The first-order valence-corrected chi connectivity index (χ1v) is 12.3. The van der Waals surface area contributed by atoms with E-state index in [-0.39, 0.29) is 24.0 Å². The van der Waals surface area contributed by atoms with Crippen molar-refractivity contribution in [1.29, 1.82) is 0 Å². The molecule has 3 heterocycles. The maximum Gasteiger partial charge on any atom is 0.511 e. The number of hydrogen-bond donors (Lipinski definition) is 1. The summed E-state index contributed by atoms with van der Waals surface area (Å²) in [6, 6.07) is 19.0. The Morgan fingerprint density at radius 3 is 2.19 bits per heavy atom. The topological polar surface area (TPSA) is 99.4 Å². The number of carboxylic acid groups (broad SMARTS) is 1. The maximum absolute atomic E-state index is 13.8. The Kier molecular flexibility index (Phi) is 7.76. The van der Waals surface area contributed by atoms with Crippen molar-refractivity contribution in [2.75, 3.05) is 0 Å². The average Bonchev–Trinajstić information content (AvgIpc) is 3.40. The molecule has 5 rings (SSSR count). The highest BCUT2D eigenvalue weighted by atomic mass is 19.4. The molecule has 0 amide bonds. The minimum atomic E-state index is -5.00. The Hall–Kier alpha value is -5.40. The number of alkyl halides is 6. The molecule has 43 heavy (non-hydrogen) atoms. The zero-order valence-electron chi connectivity index (χ0n) is 21.6. The van der Waals surface area contributed by atoms with Gasteiger partial charge in [0.05, 0.1) is 17.5 Å². The monoisotopic (exact) mass is 600 g/mol. The molecule has 8 nitrogen and oxygen atoms in total. The highest BCUT2D eigenvalue weighted by Crippen LogP contribution is 2.38. The van der Waals surface area contributed by atoms with Crippen molar-refractivity contribution >= 4 is 6.16 Å². The molecular weight excluding hydrogens is 582 g/mol. The van der Waals surface area contributed by atoms with E-state index in [9.17, 15) is 31.1 Å². The van der Waals surface area contributed by atoms with Gasteiger partial charge in [0.2, 0.25) is 5.88 Å². The summed E-state index contributed by atoms with van der Waals surface area (Å²) in [5, 5.41) is 12.4. The molecule has 14 heteroatoms. The quantitative estimate of drug-likeness (QED) is 0.151. The van der Waals surface area contributed by atoms with E-state index in [1.54, 1.807) is 42.5 Å². The minimum Gasteiger partial charge on any atom is -0.473 e. The predicted molar refractivity (Wildman–Crippen MR) is 139 cm³/mol. The molecule has 0 aliphatic carbocycles. The van der Waals surface area contributed by atoms with Gasteiger partial charge >= 0.3 is 18.5 Å². The highest BCUT2D eigenvalue weighted by Gasteiger charge is 2.41. The number of benzene rings is 2. The maximum atomic E-state index is 13.8. The van der Waals surface area contributed by atoms with Crippen LogP contribution in [0.4, 0.5) is 31.1 Å². The molecule has 0 unspecified atom stereocenters. The van der Waals surface area contributed by atoms with Crippen LogP contribution < -0.4 is 9.47 Å². The third kappa shape index (κ3) is 6.58. The Balaban J connectivity index is 1.36. The lowest BCUT2D eigenvalue weighted by Gasteiger charge is -2.14. The number of ether oxygens (including phenoxy) is 2. The summed E-state index contributed by atoms with van der Waals surface area (Å²) in [4.78, 5) is 19.4. The predicted octanol–water partition coefficient (Wildman–Crippen LogP) is 7.67. The molecule has 3 aromatic heterocycles. The average molecular weight is 600 g/mol. The van der Waals surface area contributed by atoms with Crippen molar-refractivity contribution < 1.29 is 45.7 Å². The number of hydrogen-bond acceptors (Lipinski definition) is 6. The van der Waals surface area contributed by atoms with E-state index in [0.29, 0.717) is 33.1 Å². The van der Waals surface area contributed by atoms with Crippen LogP contribution in [0.25, 0.3) is 28.2 Å². The van der Waals surface area contributed by atoms with Crippen LogP contribution in [0.3, 0.4) is 0 Å². The summed E-state index contributed by atoms with van der Waals surface area (Å²) in [6.07, 6.45) is -9.26. The third-order valence-corrected chi connectivity index (χ3v) is 6.10. The van der Waals surface area contributed by atoms with Gasteiger partial charge in [-0.3, -0.25) is 0 Å². The van der Waals surface area contributed by atoms with E-state index >= 15 is 0 Å². The normalized spacial score (nSPS) is 11.8. The highest BCUT2D eigenvalue weighted by molar-refractivity contribution is 5.65. The van der Waals surface area contributed by atoms with Crippen LogP contribution in [0.5, 0.6) is 11.6 Å². The van der Waals surface area contributed by atoms with Crippen LogP contribution >= 0.6 is 0 Å². The molecule has 0 radical (unpaired) electrons. The zero-order valence-corrected chi connectivity index (χ0v) is 21.6. The Morgan fingerprint density at radius 1 is 0.814 bits per heavy atom. The smallest absolute Gasteiger partial charge is 0.473 e. The van der Waals surface area contributed by atoms with Crippen molar-refractivity contribution in [1.82, 2.24) is 19.7 Å². The van der Waals surface area contributed by atoms with Crippen molar-refractivity contribution in [3.05, 3.63) is 108 Å². The fourth-order valence-corrected chi connectivity index (χ4v) is 4.16. The van der Waals surface area contributed by atoms with E-state index in [1.807, 2.05) is 0 Å². The Bertz CT molecular complexity index is 1750. The SMILES string of the molecule is O=C(O)Oc1cnn(-c2cccc(-c3ccccc3COc3ccc(-c4ccc(C(F)(F)F)cc4)cn3)n2)c1C(F)(F)F. The fraction of sp³-hybridized carbons (Fsp3) is 0.103. The lowest BCUT2D eigenvalue weighted by Crippen LogP contribution is -2.17. The van der Waals surface area contributed by atoms with Gasteiger partial charge in [-0.25, -0.2) is 19.4 Å². The summed E-state index contributed by atoms with van der Waals surface area (Å²) in [5.41, 5.74) is 0.353. The molecule has 0 spiro atoms. The lowest BCUT2D eigenvalue weighted by molar-refractivity contribution is -0.144. The number of halogens is 6. The minimum absolute atomic E-state index is 0.000871. The van der Waals surface area contributed by atoms with Gasteiger partial charge in [0.1, 0.15) is 6.61 Å². The molecule has 220 valence electrons. The fourth-order valence-electron chi connectivity index (χ4n) is 4.16. The van der Waals surface area contributed by atoms with Gasteiger partial charge in [-0.2, -0.15) is 31.4 Å². The van der Waals surface area contributed by atoms with Gasteiger partial charge in [0.15, 0.2) is 17.3 Å². The molecule has 2 aromatic carbocycles. The van der Waals surface area contributed by atoms with Gasteiger partial charge in [-0.15, -0.1) is 0 Å². The van der Waals surface area contributed by atoms with Gasteiger partial charge in [-0.05, 0) is 41.5 Å². The second-order valence-electron chi connectivity index (χ2n) is 8.92. The molecule has 0 aliphatic heterocycles. The van der Waals surface area contributed by atoms with Gasteiger partial charge in [0.25, 0.3) is 0 Å². The first-order valence-electron chi connectivity index (χ1n) is 12.3. The van der Waals surface area contributed by atoms with Gasteiger partial charge in [0, 0.05) is 23.4 Å². The number of carbonyl (C=O) groups is 1. The molecule has 0 atom stereocenters. The van der Waals surface area contributed by atoms with E-state index in [1.165, 1.54) is 30.5 Å². The molecule has 0 aliphatic rings. The third-order valence-electron chi connectivity index (χ3n) is 6.10. The molecule has 0 bridgehead atoms. The van der Waals surface area contributed by atoms with Crippen LogP contribution in [0.2, 0.25) is 0 Å². The van der Waals surface area contributed by atoms with Crippen LogP contribution in [-0.2, 0) is 19.0 Å². The Morgan fingerprint density at radius 2 is 1.53 bits per heavy atom. The van der Waals surface area contributed by atoms with E-state index < -0.39 is 35.5 Å². The van der Waals surface area contributed by atoms with Gasteiger partial charge in [-0.1, -0.05) is 42.5 Å². The number of rotatable bonds is 7. The second kappa shape index (κ2) is 11.5. The summed E-state index contributed by atoms with van der Waals surface area (Å²) in [7, 11) is 0. The van der Waals surface area contributed by atoms with Crippen LogP contribution in [0.15, 0.2) is 91.3 Å². The van der Waals surface area contributed by atoms with Crippen LogP contribution in [0, 0.1) is 0 Å². The molecule has 0 saturated carbocycles. The van der Waals surface area contributed by atoms with Crippen molar-refractivity contribution in [3.8, 4) is 39.8 Å². The van der Waals surface area contributed by atoms with Crippen molar-refractivity contribution in [3.63, 3.8) is 0 Å². The molecule has 0 saturated heterocycles. The number of pyridine rings is 2. The van der Waals surface area contributed by atoms with Gasteiger partial charge < -0.3 is 14.6 Å². The summed E-state index contributed by atoms with van der Waals surface area (Å²) < 4.78 is 90.3. The molecular formula is C29H18F6N4O4. The van der Waals surface area contributed by atoms with Crippen LogP contribution in [-0.4, -0.2) is 31.0 Å². The first-order chi connectivity index (χ1) is 20.4. The Labute approximate surface area is 238 Å². The summed E-state index contributed by atoms with van der Waals surface area (Å²) in [5.74, 6) is -0.997. The summed E-state index contributed by atoms with van der Waals surface area (Å²) in [6.45, 7) is 0.000871. The van der Waals surface area contributed by atoms with Crippen molar-refractivity contribution in [2.24, 2.45) is 0 Å². The number of aromatic nitrogens is 4. The van der Waals surface area contributed by atoms with E-state index in [4.69, 9.17) is 9.84 Å². The number of nitrogens with zero attached hydrogens (tertiary/aromatic N) is 4. The zero-order chi connectivity index (χ0) is 30.8. The molecule has 1 N–H and O–H groups in total. The summed E-state index contributed by atoms with van der Waals surface area (Å²) >= 11 is 0. The second-order valence-corrected chi connectivity index (χ2v) is 8.92. The largest absolute Gasteiger partial charge is 0.511 e. The lowest BCUT2D eigenvalue weighted by atomic mass is 10.0.